The van der Waals surface area contributed by atoms with Crippen LogP contribution in [0.3, 0.4) is 0 Å². The summed E-state index contributed by atoms with van der Waals surface area (Å²) in [5, 5.41) is 4.75. The van der Waals surface area contributed by atoms with Crippen LogP contribution >= 0.6 is 22.9 Å². The van der Waals surface area contributed by atoms with E-state index in [9.17, 15) is 22.4 Å². The predicted octanol–water partition coefficient (Wildman–Crippen LogP) is 4.81. The Bertz CT molecular complexity index is 699. The largest absolute Gasteiger partial charge is 0.416 e. The normalized spacial score (nSPS) is 11.5. The number of halogens is 5. The number of hydrogen-bond donors (Lipinski definition) is 1. The lowest BCUT2D eigenvalue weighted by Gasteiger charge is -2.13. The molecule has 0 bridgehead atoms. The summed E-state index contributed by atoms with van der Waals surface area (Å²) in [7, 11) is 0. The van der Waals surface area contributed by atoms with Gasteiger partial charge in [-0.05, 0) is 30.2 Å². The first-order valence-electron chi connectivity index (χ1n) is 6.61. The molecule has 2 aromatic rings. The van der Waals surface area contributed by atoms with Gasteiger partial charge in [0, 0.05) is 23.2 Å². The zero-order valence-corrected chi connectivity index (χ0v) is 13.3. The second kappa shape index (κ2) is 7.31. The van der Waals surface area contributed by atoms with E-state index in [1.54, 1.807) is 11.4 Å². The third-order valence-electron chi connectivity index (χ3n) is 3.07. The number of alkyl halides is 3. The van der Waals surface area contributed by atoms with Gasteiger partial charge in [-0.25, -0.2) is 4.39 Å². The van der Waals surface area contributed by atoms with Crippen molar-refractivity contribution in [3.05, 3.63) is 56.5 Å². The van der Waals surface area contributed by atoms with Crippen LogP contribution in [-0.4, -0.2) is 5.91 Å². The van der Waals surface area contributed by atoms with E-state index < -0.39 is 17.6 Å². The first-order valence-corrected chi connectivity index (χ1v) is 7.86. The number of hydrogen-bond acceptors (Lipinski definition) is 2. The molecule has 124 valence electrons. The van der Waals surface area contributed by atoms with Crippen LogP contribution in [0, 0.1) is 5.82 Å². The minimum Gasteiger partial charge on any atom is -0.352 e. The van der Waals surface area contributed by atoms with Gasteiger partial charge in [0.15, 0.2) is 0 Å². The van der Waals surface area contributed by atoms with Crippen molar-refractivity contribution in [3.63, 3.8) is 0 Å². The van der Waals surface area contributed by atoms with E-state index in [1.165, 1.54) is 11.3 Å². The fourth-order valence-electron chi connectivity index (χ4n) is 1.97. The Kier molecular flexibility index (Phi) is 5.64. The summed E-state index contributed by atoms with van der Waals surface area (Å²) >= 11 is 7.17. The highest BCUT2D eigenvalue weighted by molar-refractivity contribution is 7.10. The number of carbonyl (C=O) groups excluding carboxylic acids is 1. The van der Waals surface area contributed by atoms with Gasteiger partial charge in [-0.15, -0.1) is 11.3 Å². The maximum atomic E-state index is 13.0. The molecule has 1 aromatic heterocycles. The van der Waals surface area contributed by atoms with Crippen LogP contribution in [0.2, 0.25) is 5.02 Å². The number of carbonyl (C=O) groups is 1. The molecule has 0 saturated carbocycles. The van der Waals surface area contributed by atoms with E-state index in [0.717, 1.165) is 17.0 Å². The van der Waals surface area contributed by atoms with E-state index in [1.807, 2.05) is 0 Å². The average Bonchev–Trinajstić information content (AvgIpc) is 2.88. The number of rotatable bonds is 5. The van der Waals surface area contributed by atoms with Gasteiger partial charge in [0.1, 0.15) is 5.82 Å². The van der Waals surface area contributed by atoms with E-state index in [0.29, 0.717) is 17.5 Å². The lowest BCUT2D eigenvalue weighted by Crippen LogP contribution is -2.24. The topological polar surface area (TPSA) is 29.1 Å². The molecule has 1 amide bonds. The number of benzene rings is 1. The fraction of sp³-hybridized carbons (Fsp3) is 0.267. The van der Waals surface area contributed by atoms with Gasteiger partial charge in [-0.3, -0.25) is 4.79 Å². The van der Waals surface area contributed by atoms with E-state index in [4.69, 9.17) is 11.6 Å². The third kappa shape index (κ3) is 5.21. The van der Waals surface area contributed by atoms with Crippen LogP contribution in [0.5, 0.6) is 0 Å². The van der Waals surface area contributed by atoms with Crippen molar-refractivity contribution >= 4 is 28.8 Å². The zero-order chi connectivity index (χ0) is 17.0. The summed E-state index contributed by atoms with van der Waals surface area (Å²) in [4.78, 5) is 12.6. The Hall–Kier alpha value is -1.60. The Balaban J connectivity index is 1.94. The molecular formula is C15H12ClF4NOS. The van der Waals surface area contributed by atoms with Gasteiger partial charge in [0.25, 0.3) is 0 Å². The van der Waals surface area contributed by atoms with E-state index >= 15 is 0 Å². The number of aryl methyl sites for hydroxylation is 1. The predicted molar refractivity (Wildman–Crippen MR) is 80.9 cm³/mol. The van der Waals surface area contributed by atoms with Crippen LogP contribution in [0.15, 0.2) is 29.6 Å². The van der Waals surface area contributed by atoms with Crippen molar-refractivity contribution in [2.24, 2.45) is 0 Å². The molecule has 2 nitrogen and oxygen atoms in total. The highest BCUT2D eigenvalue weighted by atomic mass is 35.5. The number of amides is 1. The molecule has 8 heteroatoms. The minimum atomic E-state index is -4.67. The smallest absolute Gasteiger partial charge is 0.352 e. The summed E-state index contributed by atoms with van der Waals surface area (Å²) in [5.74, 6) is -1.35. The molecule has 1 heterocycles. The molecule has 0 unspecified atom stereocenters. The molecule has 0 radical (unpaired) electrons. The molecule has 0 fully saturated rings. The summed E-state index contributed by atoms with van der Waals surface area (Å²) in [6, 6.07) is 4.12. The van der Waals surface area contributed by atoms with Gasteiger partial charge < -0.3 is 5.32 Å². The quantitative estimate of drug-likeness (QED) is 0.757. The molecule has 1 aromatic carbocycles. The number of thiophene rings is 1. The first kappa shape index (κ1) is 17.7. The van der Waals surface area contributed by atoms with Crippen molar-refractivity contribution in [2.45, 2.75) is 25.6 Å². The molecule has 0 aliphatic rings. The summed E-state index contributed by atoms with van der Waals surface area (Å²) in [6.45, 7) is -0.306. The van der Waals surface area contributed by atoms with Crippen LogP contribution in [-0.2, 0) is 23.9 Å². The Morgan fingerprint density at radius 2 is 2.00 bits per heavy atom. The van der Waals surface area contributed by atoms with Gasteiger partial charge in [-0.1, -0.05) is 17.7 Å². The summed E-state index contributed by atoms with van der Waals surface area (Å²) < 4.78 is 51.5. The minimum absolute atomic E-state index is 0.138. The molecule has 23 heavy (non-hydrogen) atoms. The SMILES string of the molecule is O=C(CCc1cc(Cl)cs1)NCc1ccc(F)cc1C(F)(F)F. The monoisotopic (exact) mass is 365 g/mol. The molecule has 0 saturated heterocycles. The lowest BCUT2D eigenvalue weighted by atomic mass is 10.1. The maximum absolute atomic E-state index is 13.0. The molecule has 1 N–H and O–H groups in total. The van der Waals surface area contributed by atoms with E-state index in [2.05, 4.69) is 5.32 Å². The molecule has 0 aliphatic heterocycles. The Morgan fingerprint density at radius 3 is 2.61 bits per heavy atom. The molecule has 0 aliphatic carbocycles. The Morgan fingerprint density at radius 1 is 1.26 bits per heavy atom. The van der Waals surface area contributed by atoms with Gasteiger partial charge >= 0.3 is 6.18 Å². The standard InChI is InChI=1S/C15H12ClF4NOS/c16-10-5-12(23-8-10)3-4-14(22)21-7-9-1-2-11(17)6-13(9)15(18,19)20/h1-2,5-6,8H,3-4,7H2,(H,21,22). The molecular weight excluding hydrogens is 354 g/mol. The van der Waals surface area contributed by atoms with Crippen molar-refractivity contribution < 1.29 is 22.4 Å². The molecule has 2 rings (SSSR count). The van der Waals surface area contributed by atoms with Crippen LogP contribution in [0.25, 0.3) is 0 Å². The van der Waals surface area contributed by atoms with Crippen LogP contribution in [0.4, 0.5) is 17.6 Å². The maximum Gasteiger partial charge on any atom is 0.416 e. The van der Waals surface area contributed by atoms with Crippen molar-refractivity contribution in [2.75, 3.05) is 0 Å². The molecule has 0 atom stereocenters. The highest BCUT2D eigenvalue weighted by Crippen LogP contribution is 2.32. The first-order chi connectivity index (χ1) is 10.8. The number of nitrogens with one attached hydrogen (secondary N) is 1. The van der Waals surface area contributed by atoms with Gasteiger partial charge in [0.05, 0.1) is 10.6 Å². The van der Waals surface area contributed by atoms with Gasteiger partial charge in [0.2, 0.25) is 5.91 Å². The second-order valence-electron chi connectivity index (χ2n) is 4.81. The van der Waals surface area contributed by atoms with Crippen LogP contribution < -0.4 is 5.32 Å². The van der Waals surface area contributed by atoms with Crippen molar-refractivity contribution in [1.29, 1.82) is 0 Å². The Labute approximate surface area is 139 Å². The average molecular weight is 366 g/mol. The van der Waals surface area contributed by atoms with E-state index in [-0.39, 0.29) is 24.4 Å². The van der Waals surface area contributed by atoms with Crippen molar-refractivity contribution in [1.82, 2.24) is 5.32 Å². The summed E-state index contributed by atoms with van der Waals surface area (Å²) in [5.41, 5.74) is -1.26. The van der Waals surface area contributed by atoms with Crippen LogP contribution in [0.1, 0.15) is 22.4 Å². The molecule has 0 spiro atoms. The van der Waals surface area contributed by atoms with Gasteiger partial charge in [-0.2, -0.15) is 13.2 Å². The van der Waals surface area contributed by atoms with Crippen molar-refractivity contribution in [3.8, 4) is 0 Å². The fourth-order valence-corrected chi connectivity index (χ4v) is 3.05. The second-order valence-corrected chi connectivity index (χ2v) is 6.24. The summed E-state index contributed by atoms with van der Waals surface area (Å²) in [6.07, 6.45) is -4.08. The highest BCUT2D eigenvalue weighted by Gasteiger charge is 2.33. The third-order valence-corrected chi connectivity index (χ3v) is 4.42. The lowest BCUT2D eigenvalue weighted by molar-refractivity contribution is -0.138. The zero-order valence-electron chi connectivity index (χ0n) is 11.7.